The Bertz CT molecular complexity index is 959. The van der Waals surface area contributed by atoms with E-state index in [0.29, 0.717) is 32.1 Å². The Morgan fingerprint density at radius 2 is 1.69 bits per heavy atom. The van der Waals surface area contributed by atoms with Gasteiger partial charge in [0.25, 0.3) is 5.56 Å². The summed E-state index contributed by atoms with van der Waals surface area (Å²) in [7, 11) is 3.15. The molecule has 8 nitrogen and oxygen atoms in total. The number of nitrogens with zero attached hydrogens (tertiary/aromatic N) is 4. The molecule has 0 aliphatic carbocycles. The average molecular weight is 400 g/mol. The molecule has 0 amide bonds. The van der Waals surface area contributed by atoms with Gasteiger partial charge in [-0.15, -0.1) is 0 Å². The second kappa shape index (κ2) is 9.09. The number of anilines is 1. The largest absolute Gasteiger partial charge is 0.465 e. The molecule has 2 aromatic rings. The second-order valence-corrected chi connectivity index (χ2v) is 7.24. The molecule has 1 aliphatic heterocycles. The fourth-order valence-electron chi connectivity index (χ4n) is 3.69. The quantitative estimate of drug-likeness (QED) is 0.660. The van der Waals surface area contributed by atoms with E-state index >= 15 is 0 Å². The summed E-state index contributed by atoms with van der Waals surface area (Å²) in [6, 6.07) is 11.2. The van der Waals surface area contributed by atoms with Crippen molar-refractivity contribution < 1.29 is 9.53 Å². The Balaban J connectivity index is 1.71. The molecule has 1 aromatic carbocycles. The number of rotatable bonds is 6. The molecule has 156 valence electrons. The number of benzene rings is 1. The number of hydrogen-bond acceptors (Lipinski definition) is 6. The normalized spacial score (nSPS) is 15.9. The lowest BCUT2D eigenvalue weighted by Gasteiger charge is -2.37. The maximum Gasteiger partial charge on any atom is 0.332 e. The van der Waals surface area contributed by atoms with E-state index in [-0.39, 0.29) is 23.1 Å². The van der Waals surface area contributed by atoms with Gasteiger partial charge in [0.1, 0.15) is 5.82 Å². The molecular formula is C21H28N4O4. The Labute approximate surface area is 169 Å². The highest BCUT2D eigenvalue weighted by atomic mass is 16.5. The molecule has 29 heavy (non-hydrogen) atoms. The molecule has 1 fully saturated rings. The molecule has 8 heteroatoms. The van der Waals surface area contributed by atoms with Crippen molar-refractivity contribution in [2.75, 3.05) is 44.2 Å². The van der Waals surface area contributed by atoms with Crippen LogP contribution in [0.2, 0.25) is 0 Å². The number of carbonyl (C=O) groups excluding carboxylic acids is 1. The van der Waals surface area contributed by atoms with Gasteiger partial charge in [-0.1, -0.05) is 30.3 Å². The van der Waals surface area contributed by atoms with Crippen LogP contribution in [0.1, 0.15) is 18.4 Å². The first-order valence-corrected chi connectivity index (χ1v) is 9.88. The maximum absolute atomic E-state index is 12.5. The van der Waals surface area contributed by atoms with Crippen LogP contribution in [0.3, 0.4) is 0 Å². The minimum Gasteiger partial charge on any atom is -0.465 e. The van der Waals surface area contributed by atoms with Gasteiger partial charge in [0, 0.05) is 52.9 Å². The van der Waals surface area contributed by atoms with Gasteiger partial charge in [-0.25, -0.2) is 4.79 Å². The molecule has 0 N–H and O–H groups in total. The van der Waals surface area contributed by atoms with Crippen LogP contribution in [-0.2, 0) is 23.6 Å². The topological polar surface area (TPSA) is 76.8 Å². The van der Waals surface area contributed by atoms with Crippen molar-refractivity contribution >= 4 is 11.8 Å². The molecule has 1 aliphatic rings. The SMILES string of the molecule is CCOC(=O)C(CN1CCN(c2cc(=O)n(C)c(=O)n2C)CC1)c1ccccc1. The highest BCUT2D eigenvalue weighted by molar-refractivity contribution is 5.78. The fraction of sp³-hybridized carbons (Fsp3) is 0.476. The molecule has 3 rings (SSSR count). The van der Waals surface area contributed by atoms with Crippen LogP contribution in [-0.4, -0.2) is 59.3 Å². The van der Waals surface area contributed by atoms with E-state index in [1.54, 1.807) is 7.05 Å². The molecule has 0 saturated carbocycles. The van der Waals surface area contributed by atoms with E-state index in [0.717, 1.165) is 23.2 Å². The van der Waals surface area contributed by atoms with E-state index in [1.165, 1.54) is 17.7 Å². The van der Waals surface area contributed by atoms with Crippen molar-refractivity contribution in [1.82, 2.24) is 14.0 Å². The van der Waals surface area contributed by atoms with E-state index in [1.807, 2.05) is 42.2 Å². The third-order valence-electron chi connectivity index (χ3n) is 5.41. The van der Waals surface area contributed by atoms with Gasteiger partial charge < -0.3 is 9.64 Å². The standard InChI is InChI=1S/C21H28N4O4/c1-4-29-20(27)17(16-8-6-5-7-9-16)15-24-10-12-25(13-11-24)18-14-19(26)23(3)21(28)22(18)2/h5-9,14,17H,4,10-13,15H2,1-3H3. The Kier molecular flexibility index (Phi) is 6.53. The lowest BCUT2D eigenvalue weighted by Crippen LogP contribution is -2.50. The zero-order valence-corrected chi connectivity index (χ0v) is 17.2. The predicted molar refractivity (Wildman–Crippen MR) is 111 cm³/mol. The highest BCUT2D eigenvalue weighted by Gasteiger charge is 2.27. The second-order valence-electron chi connectivity index (χ2n) is 7.24. The van der Waals surface area contributed by atoms with Crippen molar-refractivity contribution in [3.63, 3.8) is 0 Å². The van der Waals surface area contributed by atoms with Crippen LogP contribution in [0.15, 0.2) is 46.0 Å². The predicted octanol–water partition coefficient (Wildman–Crippen LogP) is 0.553. The smallest absolute Gasteiger partial charge is 0.332 e. The first-order chi connectivity index (χ1) is 13.9. The van der Waals surface area contributed by atoms with Crippen molar-refractivity contribution in [2.24, 2.45) is 14.1 Å². The van der Waals surface area contributed by atoms with Crippen LogP contribution in [0, 0.1) is 0 Å². The van der Waals surface area contributed by atoms with E-state index in [2.05, 4.69) is 4.90 Å². The lowest BCUT2D eigenvalue weighted by molar-refractivity contribution is -0.145. The van der Waals surface area contributed by atoms with Gasteiger partial charge >= 0.3 is 11.7 Å². The third kappa shape index (κ3) is 4.59. The summed E-state index contributed by atoms with van der Waals surface area (Å²) in [4.78, 5) is 41.0. The maximum atomic E-state index is 12.5. The zero-order chi connectivity index (χ0) is 21.0. The molecule has 1 unspecified atom stereocenters. The number of hydrogen-bond donors (Lipinski definition) is 0. The van der Waals surface area contributed by atoms with Gasteiger partial charge in [-0.3, -0.25) is 23.6 Å². The van der Waals surface area contributed by atoms with Gasteiger partial charge in [-0.05, 0) is 12.5 Å². The Hall–Kier alpha value is -2.87. The summed E-state index contributed by atoms with van der Waals surface area (Å²) < 4.78 is 7.90. The minimum absolute atomic E-state index is 0.213. The molecule has 1 aromatic heterocycles. The molecule has 1 saturated heterocycles. The summed E-state index contributed by atoms with van der Waals surface area (Å²) >= 11 is 0. The molecule has 0 bridgehead atoms. The Morgan fingerprint density at radius 1 is 1.03 bits per heavy atom. The zero-order valence-electron chi connectivity index (χ0n) is 17.2. The Morgan fingerprint density at radius 3 is 2.31 bits per heavy atom. The van der Waals surface area contributed by atoms with E-state index < -0.39 is 0 Å². The lowest BCUT2D eigenvalue weighted by atomic mass is 9.98. The summed E-state index contributed by atoms with van der Waals surface area (Å²) in [6.07, 6.45) is 0. The summed E-state index contributed by atoms with van der Waals surface area (Å²) in [6.45, 7) is 5.54. The minimum atomic E-state index is -0.337. The molecule has 1 atom stereocenters. The van der Waals surface area contributed by atoms with Crippen molar-refractivity contribution in [3.8, 4) is 0 Å². The third-order valence-corrected chi connectivity index (χ3v) is 5.41. The van der Waals surface area contributed by atoms with Gasteiger partial charge in [0.15, 0.2) is 0 Å². The number of aromatic nitrogens is 2. The van der Waals surface area contributed by atoms with Crippen molar-refractivity contribution in [3.05, 3.63) is 62.8 Å². The van der Waals surface area contributed by atoms with Gasteiger partial charge in [-0.2, -0.15) is 0 Å². The summed E-state index contributed by atoms with van der Waals surface area (Å²) in [5.74, 6) is 0.0777. The van der Waals surface area contributed by atoms with Gasteiger partial charge in [0.05, 0.1) is 12.5 Å². The van der Waals surface area contributed by atoms with Crippen LogP contribution >= 0.6 is 0 Å². The number of ether oxygens (including phenoxy) is 1. The summed E-state index contributed by atoms with van der Waals surface area (Å²) in [5, 5.41) is 0. The number of esters is 1. The highest BCUT2D eigenvalue weighted by Crippen LogP contribution is 2.21. The van der Waals surface area contributed by atoms with Gasteiger partial charge in [0.2, 0.25) is 0 Å². The summed E-state index contributed by atoms with van der Waals surface area (Å²) in [5.41, 5.74) is 0.306. The molecule has 2 heterocycles. The van der Waals surface area contributed by atoms with E-state index in [4.69, 9.17) is 4.74 Å². The molecule has 0 spiro atoms. The van der Waals surface area contributed by atoms with Crippen LogP contribution in [0.5, 0.6) is 0 Å². The first-order valence-electron chi connectivity index (χ1n) is 9.88. The monoisotopic (exact) mass is 400 g/mol. The van der Waals surface area contributed by atoms with Crippen LogP contribution in [0.4, 0.5) is 5.82 Å². The number of carbonyl (C=O) groups is 1. The van der Waals surface area contributed by atoms with Crippen molar-refractivity contribution in [2.45, 2.75) is 12.8 Å². The first kappa shape index (κ1) is 20.9. The molecular weight excluding hydrogens is 372 g/mol. The van der Waals surface area contributed by atoms with Crippen molar-refractivity contribution in [1.29, 1.82) is 0 Å². The van der Waals surface area contributed by atoms with Crippen LogP contribution < -0.4 is 16.1 Å². The average Bonchev–Trinajstić information content (AvgIpc) is 2.74. The fourth-order valence-corrected chi connectivity index (χ4v) is 3.69. The van der Waals surface area contributed by atoms with E-state index in [9.17, 15) is 14.4 Å². The number of piperazine rings is 1. The molecule has 0 radical (unpaired) electrons. The van der Waals surface area contributed by atoms with Crippen LogP contribution in [0.25, 0.3) is 0 Å².